The number of benzene rings is 1. The van der Waals surface area contributed by atoms with Gasteiger partial charge in [-0.25, -0.2) is 14.4 Å². The van der Waals surface area contributed by atoms with Gasteiger partial charge in [0.05, 0.1) is 16.8 Å². The molecule has 3 aromatic heterocycles. The fourth-order valence-corrected chi connectivity index (χ4v) is 3.99. The number of aryl methyl sites for hydroxylation is 1. The number of aromatic nitrogens is 4. The molecule has 1 unspecified atom stereocenters. The van der Waals surface area contributed by atoms with Crippen molar-refractivity contribution in [1.82, 2.24) is 25.3 Å². The number of carbonyl (C=O) groups excluding carboxylic acids is 1. The zero-order valence-electron chi connectivity index (χ0n) is 19.6. The van der Waals surface area contributed by atoms with Gasteiger partial charge in [0.1, 0.15) is 18.0 Å². The van der Waals surface area contributed by atoms with E-state index in [0.29, 0.717) is 12.1 Å². The third kappa shape index (κ3) is 4.71. The first-order valence-corrected chi connectivity index (χ1v) is 11.2. The van der Waals surface area contributed by atoms with Gasteiger partial charge in [-0.2, -0.15) is 0 Å². The number of hydrogen-bond donors (Lipinski definition) is 2. The van der Waals surface area contributed by atoms with E-state index in [-0.39, 0.29) is 28.7 Å². The lowest BCUT2D eigenvalue weighted by atomic mass is 9.86. The highest BCUT2D eigenvalue weighted by atomic mass is 19.1. The SMILES string of the molecule is CNC(=O)c1ccnc2c(C(C)[C@H](C)CNc3cc(-c4cncc(C)c4)ncn3)ccc(F)c12. The summed E-state index contributed by atoms with van der Waals surface area (Å²) in [5.41, 5.74) is 4.48. The number of pyridine rings is 2. The molecule has 2 N–H and O–H groups in total. The number of amides is 1. The molecule has 0 saturated carbocycles. The minimum atomic E-state index is -0.456. The Labute approximate surface area is 197 Å². The predicted octanol–water partition coefficient (Wildman–Crippen LogP) is 4.75. The van der Waals surface area contributed by atoms with Crippen LogP contribution in [0.15, 0.2) is 55.2 Å². The maximum absolute atomic E-state index is 14.7. The molecule has 0 radical (unpaired) electrons. The molecule has 4 aromatic rings. The van der Waals surface area contributed by atoms with Crippen LogP contribution >= 0.6 is 0 Å². The average Bonchev–Trinajstić information content (AvgIpc) is 2.86. The van der Waals surface area contributed by atoms with Crippen LogP contribution < -0.4 is 10.6 Å². The van der Waals surface area contributed by atoms with Crippen LogP contribution in [0.3, 0.4) is 0 Å². The molecule has 0 bridgehead atoms. The third-order valence-corrected chi connectivity index (χ3v) is 6.13. The fourth-order valence-electron chi connectivity index (χ4n) is 3.99. The van der Waals surface area contributed by atoms with Crippen LogP contribution in [0.4, 0.5) is 10.2 Å². The molecule has 8 heteroatoms. The second kappa shape index (κ2) is 9.91. The van der Waals surface area contributed by atoms with Gasteiger partial charge in [0.25, 0.3) is 5.91 Å². The van der Waals surface area contributed by atoms with Crippen molar-refractivity contribution >= 4 is 22.6 Å². The monoisotopic (exact) mass is 458 g/mol. The normalized spacial score (nSPS) is 12.9. The Morgan fingerprint density at radius 3 is 2.68 bits per heavy atom. The molecule has 0 aliphatic rings. The van der Waals surface area contributed by atoms with E-state index in [0.717, 1.165) is 28.2 Å². The number of nitrogens with one attached hydrogen (secondary N) is 2. The Morgan fingerprint density at radius 1 is 1.09 bits per heavy atom. The summed E-state index contributed by atoms with van der Waals surface area (Å²) >= 11 is 0. The number of carbonyl (C=O) groups is 1. The average molecular weight is 459 g/mol. The standard InChI is InChI=1S/C26H27FN6O/c1-15-9-18(13-29-11-15)22-10-23(33-14-32-22)31-12-16(2)17(3)19-5-6-21(27)24-20(26(34)28-4)7-8-30-25(19)24/h5-11,13-14,16-17H,12H2,1-4H3,(H,28,34)(H,31,32,33)/t16-,17?/m1/s1. The lowest BCUT2D eigenvalue weighted by Gasteiger charge is -2.22. The van der Waals surface area contributed by atoms with Crippen LogP contribution in [-0.4, -0.2) is 39.4 Å². The van der Waals surface area contributed by atoms with Crippen molar-refractivity contribution < 1.29 is 9.18 Å². The fraction of sp³-hybridized carbons (Fsp3) is 0.269. The van der Waals surface area contributed by atoms with Crippen LogP contribution in [-0.2, 0) is 0 Å². The first-order valence-electron chi connectivity index (χ1n) is 11.2. The first-order chi connectivity index (χ1) is 16.4. The summed E-state index contributed by atoms with van der Waals surface area (Å²) in [6.45, 7) is 6.82. The second-order valence-electron chi connectivity index (χ2n) is 8.48. The molecule has 1 amide bonds. The van der Waals surface area contributed by atoms with Crippen molar-refractivity contribution in [1.29, 1.82) is 0 Å². The van der Waals surface area contributed by atoms with Gasteiger partial charge >= 0.3 is 0 Å². The zero-order chi connectivity index (χ0) is 24.2. The van der Waals surface area contributed by atoms with Crippen molar-refractivity contribution in [2.75, 3.05) is 18.9 Å². The second-order valence-corrected chi connectivity index (χ2v) is 8.48. The Balaban J connectivity index is 1.55. The summed E-state index contributed by atoms with van der Waals surface area (Å²) in [6.07, 6.45) is 6.67. The Hall–Kier alpha value is -3.94. The van der Waals surface area contributed by atoms with Crippen LogP contribution in [0.2, 0.25) is 0 Å². The van der Waals surface area contributed by atoms with Crippen LogP contribution in [0.1, 0.15) is 41.3 Å². The number of fused-ring (bicyclic) bond motifs is 1. The van der Waals surface area contributed by atoms with Crippen molar-refractivity contribution in [2.24, 2.45) is 5.92 Å². The number of halogens is 1. The van der Waals surface area contributed by atoms with Gasteiger partial charge in [-0.15, -0.1) is 0 Å². The third-order valence-electron chi connectivity index (χ3n) is 6.13. The molecular weight excluding hydrogens is 431 g/mol. The minimum absolute atomic E-state index is 0.0466. The number of hydrogen-bond acceptors (Lipinski definition) is 6. The summed E-state index contributed by atoms with van der Waals surface area (Å²) in [5.74, 6) is 0.134. The molecular formula is C26H27FN6O. The van der Waals surface area contributed by atoms with Crippen molar-refractivity contribution in [3.8, 4) is 11.3 Å². The lowest BCUT2D eigenvalue weighted by Crippen LogP contribution is -2.20. The summed E-state index contributed by atoms with van der Waals surface area (Å²) in [7, 11) is 1.53. The maximum atomic E-state index is 14.7. The van der Waals surface area contributed by atoms with E-state index in [9.17, 15) is 9.18 Å². The highest BCUT2D eigenvalue weighted by Crippen LogP contribution is 2.32. The molecule has 34 heavy (non-hydrogen) atoms. The van der Waals surface area contributed by atoms with Gasteiger partial charge in [0.2, 0.25) is 0 Å². The van der Waals surface area contributed by atoms with Crippen molar-refractivity contribution in [3.05, 3.63) is 77.8 Å². The number of anilines is 1. The molecule has 0 spiro atoms. The van der Waals surface area contributed by atoms with Gasteiger partial charge < -0.3 is 10.6 Å². The minimum Gasteiger partial charge on any atom is -0.370 e. The molecule has 174 valence electrons. The van der Waals surface area contributed by atoms with Crippen LogP contribution in [0.5, 0.6) is 0 Å². The lowest BCUT2D eigenvalue weighted by molar-refractivity contribution is 0.0964. The Kier molecular flexibility index (Phi) is 6.77. The predicted molar refractivity (Wildman–Crippen MR) is 131 cm³/mol. The van der Waals surface area contributed by atoms with E-state index in [1.165, 1.54) is 19.4 Å². The molecule has 2 atom stereocenters. The van der Waals surface area contributed by atoms with E-state index in [2.05, 4.69) is 44.4 Å². The number of rotatable bonds is 7. The summed E-state index contributed by atoms with van der Waals surface area (Å²) in [5, 5.41) is 6.21. The van der Waals surface area contributed by atoms with Crippen molar-refractivity contribution in [3.63, 3.8) is 0 Å². The van der Waals surface area contributed by atoms with E-state index >= 15 is 0 Å². The smallest absolute Gasteiger partial charge is 0.251 e. The molecule has 7 nitrogen and oxygen atoms in total. The molecule has 4 rings (SSSR count). The largest absolute Gasteiger partial charge is 0.370 e. The van der Waals surface area contributed by atoms with Crippen molar-refractivity contribution in [2.45, 2.75) is 26.7 Å². The van der Waals surface area contributed by atoms with Gasteiger partial charge in [-0.3, -0.25) is 14.8 Å². The summed E-state index contributed by atoms with van der Waals surface area (Å²) in [4.78, 5) is 29.6. The van der Waals surface area contributed by atoms with Gasteiger partial charge in [-0.05, 0) is 48.1 Å². The summed E-state index contributed by atoms with van der Waals surface area (Å²) in [6, 6.07) is 8.64. The molecule has 0 aliphatic heterocycles. The molecule has 0 aliphatic carbocycles. The maximum Gasteiger partial charge on any atom is 0.251 e. The molecule has 0 saturated heterocycles. The van der Waals surface area contributed by atoms with E-state index in [1.807, 2.05) is 19.1 Å². The number of nitrogens with zero attached hydrogens (tertiary/aromatic N) is 4. The van der Waals surface area contributed by atoms with Gasteiger partial charge in [0, 0.05) is 49.2 Å². The molecule has 0 fully saturated rings. The van der Waals surface area contributed by atoms with E-state index in [4.69, 9.17) is 0 Å². The van der Waals surface area contributed by atoms with E-state index < -0.39 is 5.82 Å². The molecule has 3 heterocycles. The molecule has 1 aromatic carbocycles. The van der Waals surface area contributed by atoms with E-state index in [1.54, 1.807) is 30.7 Å². The van der Waals surface area contributed by atoms with Gasteiger partial charge in [-0.1, -0.05) is 19.9 Å². The topological polar surface area (TPSA) is 92.7 Å². The highest BCUT2D eigenvalue weighted by Gasteiger charge is 2.22. The zero-order valence-corrected chi connectivity index (χ0v) is 19.6. The van der Waals surface area contributed by atoms with Gasteiger partial charge in [0.15, 0.2) is 0 Å². The highest BCUT2D eigenvalue weighted by molar-refractivity contribution is 6.06. The quantitative estimate of drug-likeness (QED) is 0.415. The first kappa shape index (κ1) is 23.2. The van der Waals surface area contributed by atoms with Crippen LogP contribution in [0.25, 0.3) is 22.2 Å². The summed E-state index contributed by atoms with van der Waals surface area (Å²) < 4.78 is 14.7. The Bertz CT molecular complexity index is 1340. The Morgan fingerprint density at radius 2 is 1.91 bits per heavy atom. The van der Waals surface area contributed by atoms with Crippen LogP contribution in [0, 0.1) is 18.7 Å².